The highest BCUT2D eigenvalue weighted by Gasteiger charge is 2.24. The van der Waals surface area contributed by atoms with Gasteiger partial charge < -0.3 is 15.4 Å². The van der Waals surface area contributed by atoms with Crippen molar-refractivity contribution in [3.63, 3.8) is 0 Å². The van der Waals surface area contributed by atoms with Gasteiger partial charge in [0.05, 0.1) is 30.6 Å². The summed E-state index contributed by atoms with van der Waals surface area (Å²) in [4.78, 5) is 16.5. The fourth-order valence-corrected chi connectivity index (χ4v) is 3.49. The summed E-state index contributed by atoms with van der Waals surface area (Å²) < 4.78 is 48.4. The van der Waals surface area contributed by atoms with Crippen molar-refractivity contribution in [2.45, 2.75) is 18.9 Å². The maximum atomic E-state index is 14.9. The summed E-state index contributed by atoms with van der Waals surface area (Å²) in [6.07, 6.45) is 0.454. The predicted octanol–water partition coefficient (Wildman–Crippen LogP) is 3.69. The van der Waals surface area contributed by atoms with Crippen molar-refractivity contribution in [2.24, 2.45) is 0 Å². The highest BCUT2D eigenvalue weighted by atomic mass is 35.5. The van der Waals surface area contributed by atoms with Gasteiger partial charge in [0.1, 0.15) is 16.7 Å². The quantitative estimate of drug-likeness (QED) is 0.634. The molecule has 158 valence electrons. The SMILES string of the molecule is CNC(=O)c1cc(-c2cnn3cc(Cl)c(N[C@H]4CCOC4)nc23)c(F)c(C(F)F)c1. The Bertz CT molecular complexity index is 1120. The lowest BCUT2D eigenvalue weighted by molar-refractivity contribution is 0.0962. The van der Waals surface area contributed by atoms with Gasteiger partial charge in [-0.15, -0.1) is 0 Å². The maximum Gasteiger partial charge on any atom is 0.266 e. The molecule has 3 aromatic rings. The van der Waals surface area contributed by atoms with E-state index in [2.05, 4.69) is 20.7 Å². The van der Waals surface area contributed by atoms with Gasteiger partial charge in [-0.3, -0.25) is 4.79 Å². The monoisotopic (exact) mass is 439 g/mol. The Balaban J connectivity index is 1.86. The topological polar surface area (TPSA) is 80.6 Å². The van der Waals surface area contributed by atoms with E-state index in [1.807, 2.05) is 0 Å². The van der Waals surface area contributed by atoms with Gasteiger partial charge in [0.25, 0.3) is 12.3 Å². The lowest BCUT2D eigenvalue weighted by Crippen LogP contribution is -2.20. The number of carbonyl (C=O) groups is 1. The Hall–Kier alpha value is -2.85. The zero-order valence-corrected chi connectivity index (χ0v) is 16.5. The summed E-state index contributed by atoms with van der Waals surface area (Å²) in [5.41, 5.74) is -0.817. The first-order valence-electron chi connectivity index (χ1n) is 9.11. The third kappa shape index (κ3) is 3.68. The lowest BCUT2D eigenvalue weighted by Gasteiger charge is -2.14. The molecule has 2 N–H and O–H groups in total. The molecular weight excluding hydrogens is 423 g/mol. The van der Waals surface area contributed by atoms with Crippen LogP contribution in [0.15, 0.2) is 24.5 Å². The first-order chi connectivity index (χ1) is 14.4. The molecule has 1 saturated heterocycles. The first-order valence-corrected chi connectivity index (χ1v) is 9.49. The van der Waals surface area contributed by atoms with E-state index >= 15 is 0 Å². The van der Waals surface area contributed by atoms with Crippen LogP contribution in [0.4, 0.5) is 19.0 Å². The van der Waals surface area contributed by atoms with E-state index in [1.54, 1.807) is 0 Å². The molecule has 1 aliphatic heterocycles. The van der Waals surface area contributed by atoms with Crippen LogP contribution in [-0.2, 0) is 4.74 Å². The summed E-state index contributed by atoms with van der Waals surface area (Å²) in [6.45, 7) is 1.11. The summed E-state index contributed by atoms with van der Waals surface area (Å²) >= 11 is 6.27. The molecular formula is C19H17ClF3N5O2. The van der Waals surface area contributed by atoms with E-state index in [9.17, 15) is 18.0 Å². The number of ether oxygens (including phenoxy) is 1. The molecule has 0 aliphatic carbocycles. The molecule has 1 aliphatic rings. The van der Waals surface area contributed by atoms with Gasteiger partial charge in [-0.1, -0.05) is 11.6 Å². The van der Waals surface area contributed by atoms with E-state index < -0.39 is 23.7 Å². The zero-order valence-electron chi connectivity index (χ0n) is 15.8. The molecule has 7 nitrogen and oxygen atoms in total. The van der Waals surface area contributed by atoms with Crippen molar-refractivity contribution in [1.82, 2.24) is 19.9 Å². The Morgan fingerprint density at radius 1 is 1.37 bits per heavy atom. The van der Waals surface area contributed by atoms with E-state index in [1.165, 1.54) is 30.0 Å². The van der Waals surface area contributed by atoms with Crippen molar-refractivity contribution < 1.29 is 22.7 Å². The molecule has 0 bridgehead atoms. The second kappa shape index (κ2) is 8.11. The zero-order chi connectivity index (χ0) is 21.4. The van der Waals surface area contributed by atoms with Crippen LogP contribution in [0.25, 0.3) is 16.8 Å². The van der Waals surface area contributed by atoms with Gasteiger partial charge in [0.15, 0.2) is 5.65 Å². The number of alkyl halides is 2. The fraction of sp³-hybridized carbons (Fsp3) is 0.316. The van der Waals surface area contributed by atoms with Gasteiger partial charge in [-0.2, -0.15) is 5.10 Å². The van der Waals surface area contributed by atoms with Crippen molar-refractivity contribution >= 4 is 29.0 Å². The molecule has 11 heteroatoms. The molecule has 1 amide bonds. The Morgan fingerprint density at radius 3 is 2.83 bits per heavy atom. The smallest absolute Gasteiger partial charge is 0.266 e. The van der Waals surface area contributed by atoms with Crippen LogP contribution in [0.5, 0.6) is 0 Å². The molecule has 3 heterocycles. The molecule has 1 aromatic carbocycles. The van der Waals surface area contributed by atoms with E-state index in [0.717, 1.165) is 12.5 Å². The minimum Gasteiger partial charge on any atom is -0.379 e. The Labute approximate surface area is 174 Å². The number of hydrogen-bond acceptors (Lipinski definition) is 5. The Morgan fingerprint density at radius 2 is 2.17 bits per heavy atom. The number of benzene rings is 1. The molecule has 30 heavy (non-hydrogen) atoms. The normalized spacial score (nSPS) is 16.4. The number of aromatic nitrogens is 3. The number of anilines is 1. The average Bonchev–Trinajstić information content (AvgIpc) is 3.37. The van der Waals surface area contributed by atoms with Crippen molar-refractivity contribution in [2.75, 3.05) is 25.6 Å². The first kappa shape index (κ1) is 20.4. The van der Waals surface area contributed by atoms with Crippen LogP contribution >= 0.6 is 11.6 Å². The maximum absolute atomic E-state index is 14.9. The molecule has 2 aromatic heterocycles. The summed E-state index contributed by atoms with van der Waals surface area (Å²) in [7, 11) is 1.36. The van der Waals surface area contributed by atoms with Crippen LogP contribution in [0.1, 0.15) is 28.8 Å². The summed E-state index contributed by atoms with van der Waals surface area (Å²) in [5, 5.41) is 9.91. The number of amides is 1. The standard InChI is InChI=1S/C19H17ClF3N5O2/c1-24-19(29)9-4-11(15(21)12(5-9)16(22)23)13-6-25-28-7-14(20)17(27-18(13)28)26-10-2-3-30-8-10/h4-7,10,16H,2-3,8H2,1H3,(H,24,29)(H,26,27)/t10-/m0/s1. The van der Waals surface area contributed by atoms with Gasteiger partial charge in [0.2, 0.25) is 0 Å². The predicted molar refractivity (Wildman–Crippen MR) is 105 cm³/mol. The average molecular weight is 440 g/mol. The number of rotatable bonds is 5. The number of halogens is 4. The van der Waals surface area contributed by atoms with Crippen LogP contribution in [-0.4, -0.2) is 46.8 Å². The summed E-state index contributed by atoms with van der Waals surface area (Å²) in [6, 6.07) is 2.05. The van der Waals surface area contributed by atoms with Crippen molar-refractivity contribution in [3.8, 4) is 11.1 Å². The third-order valence-corrected chi connectivity index (χ3v) is 5.11. The number of nitrogens with one attached hydrogen (secondary N) is 2. The molecule has 4 rings (SSSR count). The van der Waals surface area contributed by atoms with Crippen LogP contribution in [0, 0.1) is 5.82 Å². The minimum absolute atomic E-state index is 0.0163. The van der Waals surface area contributed by atoms with E-state index in [4.69, 9.17) is 16.3 Å². The highest BCUT2D eigenvalue weighted by Crippen LogP contribution is 2.34. The molecule has 0 spiro atoms. The third-order valence-electron chi connectivity index (χ3n) is 4.83. The number of fused-ring (bicyclic) bond motifs is 1. The molecule has 0 radical (unpaired) electrons. The van der Waals surface area contributed by atoms with E-state index in [-0.39, 0.29) is 33.4 Å². The summed E-state index contributed by atoms with van der Waals surface area (Å²) in [5.74, 6) is -1.41. The highest BCUT2D eigenvalue weighted by molar-refractivity contribution is 6.32. The van der Waals surface area contributed by atoms with Crippen LogP contribution in [0.2, 0.25) is 5.02 Å². The van der Waals surface area contributed by atoms with Gasteiger partial charge in [-0.05, 0) is 18.6 Å². The van der Waals surface area contributed by atoms with Crippen LogP contribution in [0.3, 0.4) is 0 Å². The van der Waals surface area contributed by atoms with Crippen molar-refractivity contribution in [1.29, 1.82) is 0 Å². The van der Waals surface area contributed by atoms with Gasteiger partial charge in [0, 0.05) is 30.3 Å². The van der Waals surface area contributed by atoms with Crippen LogP contribution < -0.4 is 10.6 Å². The fourth-order valence-electron chi connectivity index (χ4n) is 3.30. The molecule has 1 fully saturated rings. The van der Waals surface area contributed by atoms with Gasteiger partial charge in [-0.25, -0.2) is 22.7 Å². The number of hydrogen-bond donors (Lipinski definition) is 2. The van der Waals surface area contributed by atoms with Gasteiger partial charge >= 0.3 is 0 Å². The second-order valence-corrected chi connectivity index (χ2v) is 7.18. The number of carbonyl (C=O) groups excluding carboxylic acids is 1. The van der Waals surface area contributed by atoms with E-state index in [0.29, 0.717) is 19.0 Å². The number of nitrogens with zero attached hydrogens (tertiary/aromatic N) is 3. The Kier molecular flexibility index (Phi) is 5.52. The molecule has 1 atom stereocenters. The lowest BCUT2D eigenvalue weighted by atomic mass is 10.00. The largest absolute Gasteiger partial charge is 0.379 e. The molecule has 0 saturated carbocycles. The molecule has 0 unspecified atom stereocenters. The second-order valence-electron chi connectivity index (χ2n) is 6.78. The van der Waals surface area contributed by atoms with Crippen molar-refractivity contribution in [3.05, 3.63) is 46.5 Å². The minimum atomic E-state index is -3.10.